The lowest BCUT2D eigenvalue weighted by molar-refractivity contribution is -0.116. The van der Waals surface area contributed by atoms with Crippen molar-refractivity contribution in [1.82, 2.24) is 5.32 Å². The molecule has 2 aromatic carbocycles. The van der Waals surface area contributed by atoms with Crippen molar-refractivity contribution in [2.24, 2.45) is 0 Å². The zero-order chi connectivity index (χ0) is 17.4. The Morgan fingerprint density at radius 3 is 2.71 bits per heavy atom. The van der Waals surface area contributed by atoms with E-state index in [4.69, 9.17) is 9.47 Å². The molecule has 4 nitrogen and oxygen atoms in total. The summed E-state index contributed by atoms with van der Waals surface area (Å²) in [7, 11) is 1.61. The Bertz CT molecular complexity index is 708. The molecule has 0 saturated carbocycles. The van der Waals surface area contributed by atoms with Crippen LogP contribution in [-0.4, -0.2) is 19.1 Å². The zero-order valence-corrected chi connectivity index (χ0v) is 14.3. The molecule has 0 aliphatic heterocycles. The maximum atomic E-state index is 12.0. The second-order valence-electron chi connectivity index (χ2n) is 5.61. The highest BCUT2D eigenvalue weighted by atomic mass is 16.5. The van der Waals surface area contributed by atoms with Gasteiger partial charge in [-0.25, -0.2) is 0 Å². The molecule has 0 aromatic heterocycles. The monoisotopic (exact) mass is 325 g/mol. The number of hydrogen-bond donors (Lipinski definition) is 1. The SMILES string of the molecule is COc1ccccc1/C=C/C(=O)NCc1cccc(OC(C)C)c1. The van der Waals surface area contributed by atoms with Gasteiger partial charge < -0.3 is 14.8 Å². The largest absolute Gasteiger partial charge is 0.496 e. The maximum Gasteiger partial charge on any atom is 0.244 e. The van der Waals surface area contributed by atoms with E-state index < -0.39 is 0 Å². The van der Waals surface area contributed by atoms with Crippen LogP contribution in [0.25, 0.3) is 6.08 Å². The average Bonchev–Trinajstić information content (AvgIpc) is 2.58. The van der Waals surface area contributed by atoms with Crippen molar-refractivity contribution in [3.63, 3.8) is 0 Å². The number of amides is 1. The number of para-hydroxylation sites is 1. The number of nitrogens with one attached hydrogen (secondary N) is 1. The normalized spacial score (nSPS) is 10.8. The molecule has 2 aromatic rings. The fourth-order valence-corrected chi connectivity index (χ4v) is 2.22. The lowest BCUT2D eigenvalue weighted by Crippen LogP contribution is -2.20. The van der Waals surface area contributed by atoms with E-state index in [1.807, 2.05) is 62.4 Å². The highest BCUT2D eigenvalue weighted by Crippen LogP contribution is 2.18. The Hall–Kier alpha value is -2.75. The molecule has 4 heteroatoms. The fraction of sp³-hybridized carbons (Fsp3) is 0.250. The van der Waals surface area contributed by atoms with E-state index in [2.05, 4.69) is 5.32 Å². The molecular formula is C20H23NO3. The van der Waals surface area contributed by atoms with Gasteiger partial charge >= 0.3 is 0 Å². The molecule has 0 radical (unpaired) electrons. The minimum atomic E-state index is -0.156. The zero-order valence-electron chi connectivity index (χ0n) is 14.3. The molecular weight excluding hydrogens is 302 g/mol. The maximum absolute atomic E-state index is 12.0. The van der Waals surface area contributed by atoms with Gasteiger partial charge in [-0.1, -0.05) is 30.3 Å². The van der Waals surface area contributed by atoms with Crippen molar-refractivity contribution < 1.29 is 14.3 Å². The van der Waals surface area contributed by atoms with Crippen LogP contribution < -0.4 is 14.8 Å². The van der Waals surface area contributed by atoms with E-state index >= 15 is 0 Å². The summed E-state index contributed by atoms with van der Waals surface area (Å²) in [5.74, 6) is 1.39. The number of benzene rings is 2. The number of carbonyl (C=O) groups is 1. The second kappa shape index (κ2) is 8.77. The number of carbonyl (C=O) groups excluding carboxylic acids is 1. The summed E-state index contributed by atoms with van der Waals surface area (Å²) >= 11 is 0. The van der Waals surface area contributed by atoms with Gasteiger partial charge in [0.1, 0.15) is 11.5 Å². The summed E-state index contributed by atoms with van der Waals surface area (Å²) in [5, 5.41) is 2.87. The molecule has 0 heterocycles. The van der Waals surface area contributed by atoms with Crippen LogP contribution in [0.3, 0.4) is 0 Å². The molecule has 0 spiro atoms. The standard InChI is InChI=1S/C20H23NO3/c1-15(2)24-18-9-6-7-16(13-18)14-21-20(22)12-11-17-8-4-5-10-19(17)23-3/h4-13,15H,14H2,1-3H3,(H,21,22)/b12-11+. The second-order valence-corrected chi connectivity index (χ2v) is 5.61. The van der Waals surface area contributed by atoms with Crippen LogP contribution in [0.5, 0.6) is 11.5 Å². The Balaban J connectivity index is 1.92. The first-order valence-corrected chi connectivity index (χ1v) is 7.93. The third kappa shape index (κ3) is 5.47. The summed E-state index contributed by atoms with van der Waals surface area (Å²) in [6.45, 7) is 4.42. The smallest absolute Gasteiger partial charge is 0.244 e. The van der Waals surface area contributed by atoms with Crippen molar-refractivity contribution in [3.8, 4) is 11.5 Å². The lowest BCUT2D eigenvalue weighted by Gasteiger charge is -2.11. The number of rotatable bonds is 7. The van der Waals surface area contributed by atoms with Gasteiger partial charge in [0.2, 0.25) is 5.91 Å². The third-order valence-corrected chi connectivity index (χ3v) is 3.29. The van der Waals surface area contributed by atoms with Gasteiger partial charge in [0.25, 0.3) is 0 Å². The summed E-state index contributed by atoms with van der Waals surface area (Å²) in [6.07, 6.45) is 3.37. The van der Waals surface area contributed by atoms with E-state index in [9.17, 15) is 4.79 Å². The van der Waals surface area contributed by atoms with E-state index in [0.29, 0.717) is 6.54 Å². The highest BCUT2D eigenvalue weighted by molar-refractivity contribution is 5.92. The molecule has 0 saturated heterocycles. The van der Waals surface area contributed by atoms with Crippen molar-refractivity contribution in [2.75, 3.05) is 7.11 Å². The van der Waals surface area contributed by atoms with Crippen LogP contribution in [0.15, 0.2) is 54.6 Å². The molecule has 0 bridgehead atoms. The molecule has 0 atom stereocenters. The van der Waals surface area contributed by atoms with Crippen molar-refractivity contribution in [2.45, 2.75) is 26.5 Å². The molecule has 0 unspecified atom stereocenters. The first-order chi connectivity index (χ1) is 11.6. The molecule has 126 valence electrons. The molecule has 24 heavy (non-hydrogen) atoms. The number of methoxy groups -OCH3 is 1. The molecule has 2 rings (SSSR count). The number of ether oxygens (including phenoxy) is 2. The predicted molar refractivity (Wildman–Crippen MR) is 96.1 cm³/mol. The Morgan fingerprint density at radius 2 is 1.96 bits per heavy atom. The van der Waals surface area contributed by atoms with Gasteiger partial charge in [-0.05, 0) is 43.7 Å². The Kier molecular flexibility index (Phi) is 6.43. The summed E-state index contributed by atoms with van der Waals surface area (Å²) < 4.78 is 10.9. The Labute approximate surface area is 143 Å². The van der Waals surface area contributed by atoms with Crippen LogP contribution >= 0.6 is 0 Å². The van der Waals surface area contributed by atoms with E-state index in [-0.39, 0.29) is 12.0 Å². The highest BCUT2D eigenvalue weighted by Gasteiger charge is 2.02. The molecule has 1 amide bonds. The predicted octanol–water partition coefficient (Wildman–Crippen LogP) is 3.81. The van der Waals surface area contributed by atoms with Gasteiger partial charge in [-0.15, -0.1) is 0 Å². The van der Waals surface area contributed by atoms with Crippen molar-refractivity contribution in [3.05, 3.63) is 65.7 Å². The van der Waals surface area contributed by atoms with Gasteiger partial charge in [-0.2, -0.15) is 0 Å². The topological polar surface area (TPSA) is 47.6 Å². The van der Waals surface area contributed by atoms with Crippen LogP contribution in [0.4, 0.5) is 0 Å². The van der Waals surface area contributed by atoms with Crippen LogP contribution in [-0.2, 0) is 11.3 Å². The third-order valence-electron chi connectivity index (χ3n) is 3.29. The Morgan fingerprint density at radius 1 is 1.17 bits per heavy atom. The quantitative estimate of drug-likeness (QED) is 0.788. The minimum Gasteiger partial charge on any atom is -0.496 e. The molecule has 0 aliphatic carbocycles. The minimum absolute atomic E-state index is 0.124. The summed E-state index contributed by atoms with van der Waals surface area (Å²) in [4.78, 5) is 12.0. The number of hydrogen-bond acceptors (Lipinski definition) is 3. The van der Waals surface area contributed by atoms with Crippen molar-refractivity contribution >= 4 is 12.0 Å². The molecule has 0 aliphatic rings. The molecule has 0 fully saturated rings. The van der Waals surface area contributed by atoms with Crippen LogP contribution in [0.1, 0.15) is 25.0 Å². The summed E-state index contributed by atoms with van der Waals surface area (Å²) in [5.41, 5.74) is 1.86. The first-order valence-electron chi connectivity index (χ1n) is 7.93. The van der Waals surface area contributed by atoms with Gasteiger partial charge in [-0.3, -0.25) is 4.79 Å². The van der Waals surface area contributed by atoms with Gasteiger partial charge in [0.15, 0.2) is 0 Å². The van der Waals surface area contributed by atoms with E-state index in [1.54, 1.807) is 13.2 Å². The van der Waals surface area contributed by atoms with Gasteiger partial charge in [0.05, 0.1) is 13.2 Å². The van der Waals surface area contributed by atoms with Crippen LogP contribution in [0, 0.1) is 0 Å². The lowest BCUT2D eigenvalue weighted by atomic mass is 10.2. The van der Waals surface area contributed by atoms with E-state index in [1.165, 1.54) is 6.08 Å². The summed E-state index contributed by atoms with van der Waals surface area (Å²) in [6, 6.07) is 15.3. The first kappa shape index (κ1) is 17.6. The van der Waals surface area contributed by atoms with Crippen LogP contribution in [0.2, 0.25) is 0 Å². The average molecular weight is 325 g/mol. The van der Waals surface area contributed by atoms with Crippen molar-refractivity contribution in [1.29, 1.82) is 0 Å². The van der Waals surface area contributed by atoms with E-state index in [0.717, 1.165) is 22.6 Å². The van der Waals surface area contributed by atoms with Gasteiger partial charge in [0, 0.05) is 18.2 Å². The fourth-order valence-electron chi connectivity index (χ4n) is 2.22. The molecule has 1 N–H and O–H groups in total.